The molecule has 0 radical (unpaired) electrons. The third kappa shape index (κ3) is 30.4. The first-order chi connectivity index (χ1) is 13.7. The zero-order valence-corrected chi connectivity index (χ0v) is 19.9. The Kier molecular flexibility index (Phi) is 30.7. The van der Waals surface area contributed by atoms with Crippen molar-refractivity contribution in [2.24, 2.45) is 5.92 Å². The van der Waals surface area contributed by atoms with Crippen molar-refractivity contribution in [1.29, 1.82) is 0 Å². The zero-order chi connectivity index (χ0) is 21.1. The van der Waals surface area contributed by atoms with Crippen LogP contribution in [0.4, 0.5) is 0 Å². The molecule has 0 bridgehead atoms. The van der Waals surface area contributed by atoms with Gasteiger partial charge in [-0.2, -0.15) is 0 Å². The van der Waals surface area contributed by atoms with Gasteiger partial charge in [-0.1, -0.05) is 136 Å². The van der Waals surface area contributed by atoms with Crippen LogP contribution in [0.5, 0.6) is 0 Å². The van der Waals surface area contributed by atoms with E-state index in [0.29, 0.717) is 6.61 Å². The summed E-state index contributed by atoms with van der Waals surface area (Å²) in [7, 11) is 0. The molecule has 170 valence electrons. The van der Waals surface area contributed by atoms with Crippen molar-refractivity contribution < 1.29 is 9.90 Å². The first-order valence-corrected chi connectivity index (χ1v) is 12.8. The largest absolute Gasteiger partial charge is 0.396 e. The Hall–Kier alpha value is -0.370. The summed E-state index contributed by atoms with van der Waals surface area (Å²) in [6.07, 6.45) is 27.7. The van der Waals surface area contributed by atoms with Crippen molar-refractivity contribution in [3.05, 3.63) is 0 Å². The summed E-state index contributed by atoms with van der Waals surface area (Å²) in [6.45, 7) is 6.90. The quantitative estimate of drug-likeness (QED) is 0.155. The molecule has 0 aromatic heterocycles. The van der Waals surface area contributed by atoms with E-state index in [1.807, 2.05) is 6.92 Å². The maximum absolute atomic E-state index is 10.3. The SMILES string of the molecule is CCCCCCCCCCC(C)C=O.CCCCCCCCCCCCCO. The van der Waals surface area contributed by atoms with Gasteiger partial charge in [0.25, 0.3) is 0 Å². The van der Waals surface area contributed by atoms with Gasteiger partial charge >= 0.3 is 0 Å². The number of carbonyl (C=O) groups is 1. The number of aliphatic hydroxyl groups is 1. The predicted octanol–water partition coefficient (Wildman–Crippen LogP) is 8.64. The molecule has 0 aromatic carbocycles. The molecule has 0 aliphatic carbocycles. The molecular weight excluding hydrogens is 344 g/mol. The van der Waals surface area contributed by atoms with Crippen LogP contribution in [0.25, 0.3) is 0 Å². The number of aldehydes is 1. The van der Waals surface area contributed by atoms with Crippen LogP contribution in [0.15, 0.2) is 0 Å². The van der Waals surface area contributed by atoms with Gasteiger partial charge in [0.05, 0.1) is 0 Å². The number of rotatable bonds is 21. The predicted molar refractivity (Wildman–Crippen MR) is 126 cm³/mol. The third-order valence-corrected chi connectivity index (χ3v) is 5.51. The zero-order valence-electron chi connectivity index (χ0n) is 19.9. The highest BCUT2D eigenvalue weighted by Gasteiger charge is 1.98. The van der Waals surface area contributed by atoms with Gasteiger partial charge in [0.2, 0.25) is 0 Å². The van der Waals surface area contributed by atoms with E-state index in [0.717, 1.165) is 19.1 Å². The Morgan fingerprint density at radius 2 is 0.893 bits per heavy atom. The molecule has 2 nitrogen and oxygen atoms in total. The van der Waals surface area contributed by atoms with Crippen molar-refractivity contribution in [3.63, 3.8) is 0 Å². The Labute approximate surface area is 178 Å². The molecule has 1 N–H and O–H groups in total. The molecular formula is C26H54O2. The van der Waals surface area contributed by atoms with Crippen LogP contribution in [0.3, 0.4) is 0 Å². The average Bonchev–Trinajstić information content (AvgIpc) is 2.71. The van der Waals surface area contributed by atoms with Gasteiger partial charge in [0.1, 0.15) is 6.29 Å². The van der Waals surface area contributed by atoms with E-state index in [-0.39, 0.29) is 5.92 Å². The lowest BCUT2D eigenvalue weighted by Gasteiger charge is -2.03. The molecule has 1 unspecified atom stereocenters. The lowest BCUT2D eigenvalue weighted by atomic mass is 10.0. The first-order valence-electron chi connectivity index (χ1n) is 12.8. The van der Waals surface area contributed by atoms with Crippen LogP contribution in [-0.2, 0) is 4.79 Å². The average molecular weight is 399 g/mol. The van der Waals surface area contributed by atoms with Crippen LogP contribution in [-0.4, -0.2) is 18.0 Å². The molecule has 0 aliphatic rings. The highest BCUT2D eigenvalue weighted by atomic mass is 16.2. The fraction of sp³-hybridized carbons (Fsp3) is 0.962. The summed E-state index contributed by atoms with van der Waals surface area (Å²) >= 11 is 0. The van der Waals surface area contributed by atoms with Crippen LogP contribution in [0, 0.1) is 5.92 Å². The summed E-state index contributed by atoms with van der Waals surface area (Å²) in [4.78, 5) is 10.3. The Morgan fingerprint density at radius 3 is 1.21 bits per heavy atom. The smallest absolute Gasteiger partial charge is 0.122 e. The van der Waals surface area contributed by atoms with E-state index in [1.54, 1.807) is 0 Å². The number of aliphatic hydroxyl groups excluding tert-OH is 1. The second-order valence-corrected chi connectivity index (χ2v) is 8.64. The second kappa shape index (κ2) is 28.8. The van der Waals surface area contributed by atoms with Crippen LogP contribution >= 0.6 is 0 Å². The fourth-order valence-electron chi connectivity index (χ4n) is 3.44. The van der Waals surface area contributed by atoms with Gasteiger partial charge in [-0.25, -0.2) is 0 Å². The summed E-state index contributed by atoms with van der Waals surface area (Å²) in [5, 5.41) is 8.59. The molecule has 28 heavy (non-hydrogen) atoms. The molecule has 0 heterocycles. The molecule has 1 atom stereocenters. The molecule has 0 spiro atoms. The van der Waals surface area contributed by atoms with E-state index >= 15 is 0 Å². The molecule has 0 rings (SSSR count). The van der Waals surface area contributed by atoms with Gasteiger partial charge in [0, 0.05) is 12.5 Å². The minimum absolute atomic E-state index is 0.273. The molecule has 0 saturated carbocycles. The van der Waals surface area contributed by atoms with Gasteiger partial charge < -0.3 is 9.90 Å². The number of unbranched alkanes of at least 4 members (excludes halogenated alkanes) is 17. The van der Waals surface area contributed by atoms with Crippen molar-refractivity contribution in [2.45, 2.75) is 149 Å². The molecule has 0 aliphatic heterocycles. The first kappa shape index (κ1) is 29.8. The van der Waals surface area contributed by atoms with E-state index in [9.17, 15) is 4.79 Å². The van der Waals surface area contributed by atoms with E-state index < -0.39 is 0 Å². The standard InChI is InChI=1S/C13H26O.C13H28O/c1-3-4-5-6-7-8-9-10-11-13(2)12-14;1-2-3-4-5-6-7-8-9-10-11-12-13-14/h12-13H,3-11H2,1-2H3;14H,2-13H2,1H3. The Morgan fingerprint density at radius 1 is 0.571 bits per heavy atom. The van der Waals surface area contributed by atoms with Crippen molar-refractivity contribution >= 4 is 6.29 Å². The number of hydrogen-bond acceptors (Lipinski definition) is 2. The lowest BCUT2D eigenvalue weighted by molar-refractivity contribution is -0.110. The number of hydrogen-bond donors (Lipinski definition) is 1. The normalized spacial score (nSPS) is 11.7. The van der Waals surface area contributed by atoms with Gasteiger partial charge in [-0.3, -0.25) is 0 Å². The maximum Gasteiger partial charge on any atom is 0.122 e. The van der Waals surface area contributed by atoms with Gasteiger partial charge in [-0.05, 0) is 12.8 Å². The molecule has 0 saturated heterocycles. The summed E-state index contributed by atoms with van der Waals surface area (Å²) in [5.74, 6) is 0.273. The summed E-state index contributed by atoms with van der Waals surface area (Å²) < 4.78 is 0. The summed E-state index contributed by atoms with van der Waals surface area (Å²) in [6, 6.07) is 0. The lowest BCUT2D eigenvalue weighted by Crippen LogP contribution is -1.94. The van der Waals surface area contributed by atoms with Gasteiger partial charge in [-0.15, -0.1) is 0 Å². The third-order valence-electron chi connectivity index (χ3n) is 5.51. The van der Waals surface area contributed by atoms with Crippen molar-refractivity contribution in [3.8, 4) is 0 Å². The highest BCUT2D eigenvalue weighted by molar-refractivity contribution is 5.52. The minimum atomic E-state index is 0.273. The second-order valence-electron chi connectivity index (χ2n) is 8.64. The molecule has 2 heteroatoms. The molecule has 0 fully saturated rings. The van der Waals surface area contributed by atoms with Crippen molar-refractivity contribution in [1.82, 2.24) is 0 Å². The summed E-state index contributed by atoms with van der Waals surface area (Å²) in [5.41, 5.74) is 0. The van der Waals surface area contributed by atoms with Gasteiger partial charge in [0.15, 0.2) is 0 Å². The number of carbonyl (C=O) groups excluding carboxylic acids is 1. The molecule has 0 amide bonds. The van der Waals surface area contributed by atoms with Crippen molar-refractivity contribution in [2.75, 3.05) is 6.61 Å². The van der Waals surface area contributed by atoms with E-state index in [2.05, 4.69) is 13.8 Å². The highest BCUT2D eigenvalue weighted by Crippen LogP contribution is 2.12. The Bertz CT molecular complexity index is 253. The fourth-order valence-corrected chi connectivity index (χ4v) is 3.44. The van der Waals surface area contributed by atoms with E-state index in [4.69, 9.17) is 5.11 Å². The van der Waals surface area contributed by atoms with Crippen LogP contribution < -0.4 is 0 Å². The van der Waals surface area contributed by atoms with E-state index in [1.165, 1.54) is 116 Å². The monoisotopic (exact) mass is 398 g/mol. The van der Waals surface area contributed by atoms with Crippen LogP contribution in [0.1, 0.15) is 149 Å². The molecule has 0 aromatic rings. The Balaban J connectivity index is 0. The maximum atomic E-state index is 10.3. The minimum Gasteiger partial charge on any atom is -0.396 e. The topological polar surface area (TPSA) is 37.3 Å². The van der Waals surface area contributed by atoms with Crippen LogP contribution in [0.2, 0.25) is 0 Å².